The van der Waals surface area contributed by atoms with Crippen LogP contribution in [0.2, 0.25) is 0 Å². The van der Waals surface area contributed by atoms with Crippen LogP contribution in [-0.4, -0.2) is 75.8 Å². The number of ether oxygens (including phenoxy) is 4. The molecule has 15 nitrogen and oxygen atoms in total. The summed E-state index contributed by atoms with van der Waals surface area (Å²) in [6, 6.07) is 0. The standard InChI is InChI=1S/C19H22N4O11/c1-8(24)31-6-11-19(34-10(3)26,12(7-32-11)33-9(2)25)23-16(20)15(17(29)30)21-18(23)22-13(27)4-5-14(22)28/h11-12H,4-7,20H2,1-3H3,(H,29,30)/t11-,12+,19+/m1/s1. The number of carbonyl (C=O) groups excluding carboxylic acids is 5. The van der Waals surface area contributed by atoms with E-state index in [9.17, 15) is 33.9 Å². The Morgan fingerprint density at radius 3 is 2.24 bits per heavy atom. The number of hydrogen-bond donors (Lipinski definition) is 2. The van der Waals surface area contributed by atoms with E-state index in [0.717, 1.165) is 25.3 Å². The van der Waals surface area contributed by atoms with Crippen molar-refractivity contribution in [1.82, 2.24) is 9.55 Å². The summed E-state index contributed by atoms with van der Waals surface area (Å²) in [5, 5.41) is 9.60. The molecule has 3 N–H and O–H groups in total. The van der Waals surface area contributed by atoms with Gasteiger partial charge in [-0.15, -0.1) is 0 Å². The van der Waals surface area contributed by atoms with Gasteiger partial charge in [-0.05, 0) is 0 Å². The van der Waals surface area contributed by atoms with Crippen molar-refractivity contribution in [1.29, 1.82) is 0 Å². The molecular weight excluding hydrogens is 460 g/mol. The molecule has 2 aliphatic rings. The van der Waals surface area contributed by atoms with E-state index in [0.29, 0.717) is 4.90 Å². The number of carboxylic acids is 1. The van der Waals surface area contributed by atoms with Gasteiger partial charge >= 0.3 is 23.9 Å². The minimum Gasteiger partial charge on any atom is -0.476 e. The molecule has 15 heteroatoms. The molecule has 0 saturated carbocycles. The third kappa shape index (κ3) is 4.16. The number of carbonyl (C=O) groups is 6. The fraction of sp³-hybridized carbons (Fsp3) is 0.526. The first-order valence-electron chi connectivity index (χ1n) is 9.99. The van der Waals surface area contributed by atoms with E-state index < -0.39 is 84.3 Å². The first kappa shape index (κ1) is 24.6. The first-order valence-corrected chi connectivity index (χ1v) is 9.99. The molecule has 0 spiro atoms. The number of nitrogens with zero attached hydrogens (tertiary/aromatic N) is 3. The van der Waals surface area contributed by atoms with Crippen molar-refractivity contribution in [2.75, 3.05) is 23.8 Å². The number of nitrogens with two attached hydrogens (primary N) is 1. The predicted molar refractivity (Wildman–Crippen MR) is 107 cm³/mol. The highest BCUT2D eigenvalue weighted by Crippen LogP contribution is 2.44. The minimum absolute atomic E-state index is 0.185. The molecule has 2 amide bonds. The van der Waals surface area contributed by atoms with Crippen molar-refractivity contribution in [3.05, 3.63) is 5.69 Å². The zero-order chi connectivity index (χ0) is 25.4. The van der Waals surface area contributed by atoms with Gasteiger partial charge < -0.3 is 29.8 Å². The van der Waals surface area contributed by atoms with Gasteiger partial charge in [-0.2, -0.15) is 0 Å². The largest absolute Gasteiger partial charge is 0.476 e. The van der Waals surface area contributed by atoms with Crippen LogP contribution in [0.3, 0.4) is 0 Å². The van der Waals surface area contributed by atoms with Crippen LogP contribution < -0.4 is 10.6 Å². The average Bonchev–Trinajstić information content (AvgIpc) is 3.34. The van der Waals surface area contributed by atoms with Gasteiger partial charge in [0, 0.05) is 33.6 Å². The Bertz CT molecular complexity index is 1060. The van der Waals surface area contributed by atoms with E-state index in [1.54, 1.807) is 0 Å². The fourth-order valence-electron chi connectivity index (χ4n) is 3.90. The van der Waals surface area contributed by atoms with Crippen molar-refractivity contribution in [2.24, 2.45) is 0 Å². The predicted octanol–water partition coefficient (Wildman–Crippen LogP) is -1.07. The Morgan fingerprint density at radius 1 is 1.12 bits per heavy atom. The maximum absolute atomic E-state index is 12.5. The van der Waals surface area contributed by atoms with Gasteiger partial charge in [-0.1, -0.05) is 0 Å². The van der Waals surface area contributed by atoms with E-state index >= 15 is 0 Å². The second-order valence-corrected chi connectivity index (χ2v) is 7.48. The van der Waals surface area contributed by atoms with E-state index in [2.05, 4.69) is 4.98 Å². The quantitative estimate of drug-likeness (QED) is 0.270. The molecule has 184 valence electrons. The van der Waals surface area contributed by atoms with Gasteiger partial charge in [-0.3, -0.25) is 24.0 Å². The number of imide groups is 1. The molecule has 0 aromatic carbocycles. The molecule has 1 aromatic rings. The Morgan fingerprint density at radius 2 is 1.74 bits per heavy atom. The van der Waals surface area contributed by atoms with Crippen LogP contribution >= 0.6 is 0 Å². The molecule has 0 bridgehead atoms. The van der Waals surface area contributed by atoms with Gasteiger partial charge in [-0.25, -0.2) is 19.2 Å². The fourth-order valence-corrected chi connectivity index (χ4v) is 3.90. The number of imidazole rings is 1. The number of hydrogen-bond acceptors (Lipinski definition) is 12. The molecule has 1 aromatic heterocycles. The lowest BCUT2D eigenvalue weighted by molar-refractivity contribution is -0.209. The summed E-state index contributed by atoms with van der Waals surface area (Å²) in [4.78, 5) is 76.8. The van der Waals surface area contributed by atoms with Crippen molar-refractivity contribution in [3.8, 4) is 0 Å². The topological polar surface area (TPSA) is 207 Å². The van der Waals surface area contributed by atoms with Crippen LogP contribution in [0.1, 0.15) is 44.1 Å². The highest BCUT2D eigenvalue weighted by molar-refractivity contribution is 6.19. The molecule has 3 rings (SSSR count). The molecule has 2 saturated heterocycles. The number of esters is 3. The molecule has 3 atom stereocenters. The van der Waals surface area contributed by atoms with Crippen LogP contribution in [0.15, 0.2) is 0 Å². The van der Waals surface area contributed by atoms with E-state index in [1.807, 2.05) is 0 Å². The molecule has 2 fully saturated rings. The van der Waals surface area contributed by atoms with Crippen LogP contribution in [0.4, 0.5) is 11.8 Å². The van der Waals surface area contributed by atoms with Crippen molar-refractivity contribution < 1.29 is 52.8 Å². The third-order valence-corrected chi connectivity index (χ3v) is 5.12. The van der Waals surface area contributed by atoms with Crippen LogP contribution in [0.25, 0.3) is 0 Å². The van der Waals surface area contributed by atoms with Gasteiger partial charge in [0.15, 0.2) is 17.9 Å². The summed E-state index contributed by atoms with van der Waals surface area (Å²) in [5.41, 5.74) is 3.03. The number of rotatable bonds is 7. The maximum atomic E-state index is 12.5. The Labute approximate surface area is 191 Å². The number of anilines is 2. The second kappa shape index (κ2) is 9.09. The van der Waals surface area contributed by atoms with Gasteiger partial charge in [0.05, 0.1) is 6.61 Å². The zero-order valence-corrected chi connectivity index (χ0v) is 18.4. The lowest BCUT2D eigenvalue weighted by Gasteiger charge is -2.39. The molecule has 3 heterocycles. The highest BCUT2D eigenvalue weighted by atomic mass is 16.7. The number of carboxylic acid groups (broad SMARTS) is 1. The van der Waals surface area contributed by atoms with Crippen molar-refractivity contribution in [3.63, 3.8) is 0 Å². The number of amides is 2. The van der Waals surface area contributed by atoms with E-state index in [4.69, 9.17) is 24.7 Å². The molecule has 34 heavy (non-hydrogen) atoms. The number of aromatic nitrogens is 2. The summed E-state index contributed by atoms with van der Waals surface area (Å²) < 4.78 is 22.3. The van der Waals surface area contributed by atoms with Gasteiger partial charge in [0.2, 0.25) is 17.8 Å². The first-order chi connectivity index (χ1) is 15.9. The smallest absolute Gasteiger partial charge is 0.358 e. The second-order valence-electron chi connectivity index (χ2n) is 7.48. The SMILES string of the molecule is CC(=O)OC[C@H]1OC[C@H](OC(C)=O)[C@]1(OC(C)=O)n1c(N2C(=O)CCC2=O)nc(C(=O)O)c1N. The van der Waals surface area contributed by atoms with Crippen molar-refractivity contribution in [2.45, 2.75) is 51.5 Å². The Balaban J connectivity index is 2.35. The van der Waals surface area contributed by atoms with Gasteiger partial charge in [0.25, 0.3) is 5.72 Å². The molecule has 0 unspecified atom stereocenters. The molecule has 2 aliphatic heterocycles. The monoisotopic (exact) mass is 482 g/mol. The zero-order valence-electron chi connectivity index (χ0n) is 18.4. The van der Waals surface area contributed by atoms with Gasteiger partial charge in [0.1, 0.15) is 12.4 Å². The number of nitrogen functional groups attached to an aromatic ring is 1. The average molecular weight is 482 g/mol. The van der Waals surface area contributed by atoms with Crippen molar-refractivity contribution >= 4 is 47.5 Å². The lowest BCUT2D eigenvalue weighted by Crippen LogP contribution is -2.56. The van der Waals surface area contributed by atoms with E-state index in [1.165, 1.54) is 0 Å². The van der Waals surface area contributed by atoms with Crippen LogP contribution in [0, 0.1) is 0 Å². The Kier molecular flexibility index (Phi) is 6.58. The number of aromatic carboxylic acids is 1. The summed E-state index contributed by atoms with van der Waals surface area (Å²) in [5.74, 6) is -6.78. The normalized spacial score (nSPS) is 24.3. The van der Waals surface area contributed by atoms with Crippen LogP contribution in [-0.2, 0) is 48.6 Å². The molecule has 0 aliphatic carbocycles. The summed E-state index contributed by atoms with van der Waals surface area (Å²) >= 11 is 0. The van der Waals surface area contributed by atoms with E-state index in [-0.39, 0.29) is 12.8 Å². The summed E-state index contributed by atoms with van der Waals surface area (Å²) in [7, 11) is 0. The summed E-state index contributed by atoms with van der Waals surface area (Å²) in [6.07, 6.45) is -3.24. The maximum Gasteiger partial charge on any atom is 0.358 e. The lowest BCUT2D eigenvalue weighted by atomic mass is 10.0. The third-order valence-electron chi connectivity index (χ3n) is 5.12. The molecule has 0 radical (unpaired) electrons. The Hall–Kier alpha value is -4.01. The minimum atomic E-state index is -2.30. The van der Waals surface area contributed by atoms with Crippen LogP contribution in [0.5, 0.6) is 0 Å². The molecular formula is C19H22N4O11. The highest BCUT2D eigenvalue weighted by Gasteiger charge is 2.62. The summed E-state index contributed by atoms with van der Waals surface area (Å²) in [6.45, 7) is 2.21.